The van der Waals surface area contributed by atoms with Gasteiger partial charge in [-0.25, -0.2) is 13.1 Å². The topological polar surface area (TPSA) is 68.3 Å². The molecule has 20 heavy (non-hydrogen) atoms. The second-order valence-electron chi connectivity index (χ2n) is 4.15. The molecule has 0 unspecified atom stereocenters. The van der Waals surface area contributed by atoms with Crippen LogP contribution in [0.3, 0.4) is 0 Å². The summed E-state index contributed by atoms with van der Waals surface area (Å²) in [4.78, 5) is 4.19. The van der Waals surface area contributed by atoms with E-state index >= 15 is 0 Å². The summed E-state index contributed by atoms with van der Waals surface area (Å²) in [5.74, 6) is 0. The second kappa shape index (κ2) is 6.60. The molecule has 6 heteroatoms. The average molecular weight is 292 g/mol. The van der Waals surface area contributed by atoms with Crippen LogP contribution >= 0.6 is 0 Å². The highest BCUT2D eigenvalue weighted by atomic mass is 32.2. The van der Waals surface area contributed by atoms with Gasteiger partial charge in [0.05, 0.1) is 11.5 Å². The minimum atomic E-state index is -3.47. The van der Waals surface area contributed by atoms with Crippen molar-refractivity contribution in [1.29, 1.82) is 0 Å². The van der Waals surface area contributed by atoms with E-state index in [1.165, 1.54) is 7.11 Å². The van der Waals surface area contributed by atoms with Crippen molar-refractivity contribution in [3.63, 3.8) is 0 Å². The zero-order chi connectivity index (χ0) is 14.4. The first kappa shape index (κ1) is 14.6. The van der Waals surface area contributed by atoms with Gasteiger partial charge in [-0.1, -0.05) is 12.1 Å². The maximum absolute atomic E-state index is 12.0. The van der Waals surface area contributed by atoms with Gasteiger partial charge in [-0.2, -0.15) is 0 Å². The van der Waals surface area contributed by atoms with E-state index < -0.39 is 10.0 Å². The number of nitrogens with one attached hydrogen (secondary N) is 1. The average Bonchev–Trinajstić information content (AvgIpc) is 2.48. The van der Waals surface area contributed by atoms with Gasteiger partial charge in [0.2, 0.25) is 10.0 Å². The summed E-state index contributed by atoms with van der Waals surface area (Å²) in [5, 5.41) is 0. The largest absolute Gasteiger partial charge is 0.383 e. The minimum Gasteiger partial charge on any atom is -0.383 e. The van der Waals surface area contributed by atoms with Crippen LogP contribution < -0.4 is 4.72 Å². The molecule has 2 rings (SSSR count). The maximum atomic E-state index is 12.0. The fourth-order valence-corrected chi connectivity index (χ4v) is 2.75. The van der Waals surface area contributed by atoms with E-state index in [2.05, 4.69) is 9.71 Å². The predicted octanol–water partition coefficient (Wildman–Crippen LogP) is 1.67. The molecule has 1 aromatic carbocycles. The lowest BCUT2D eigenvalue weighted by Gasteiger charge is -2.07. The molecule has 0 saturated heterocycles. The molecule has 5 nitrogen and oxygen atoms in total. The Balaban J connectivity index is 2.16. The number of ether oxygens (including phenoxy) is 1. The molecule has 1 aromatic heterocycles. The van der Waals surface area contributed by atoms with Crippen molar-refractivity contribution in [2.24, 2.45) is 0 Å². The second-order valence-corrected chi connectivity index (χ2v) is 5.92. The van der Waals surface area contributed by atoms with Gasteiger partial charge in [0, 0.05) is 26.0 Å². The van der Waals surface area contributed by atoms with E-state index in [4.69, 9.17) is 4.74 Å². The normalized spacial score (nSPS) is 11.4. The third kappa shape index (κ3) is 3.63. The summed E-state index contributed by atoms with van der Waals surface area (Å²) < 4.78 is 31.2. The lowest BCUT2D eigenvalue weighted by atomic mass is 10.1. The van der Waals surface area contributed by atoms with Crippen LogP contribution in [0.2, 0.25) is 0 Å². The smallest absolute Gasteiger partial charge is 0.240 e. The molecular weight excluding hydrogens is 276 g/mol. The van der Waals surface area contributed by atoms with E-state index in [9.17, 15) is 8.42 Å². The van der Waals surface area contributed by atoms with Gasteiger partial charge in [0.25, 0.3) is 0 Å². The molecule has 0 radical (unpaired) electrons. The van der Waals surface area contributed by atoms with Crippen LogP contribution in [0.5, 0.6) is 0 Å². The first-order valence-electron chi connectivity index (χ1n) is 6.12. The van der Waals surface area contributed by atoms with E-state index in [1.807, 2.05) is 12.1 Å². The lowest BCUT2D eigenvalue weighted by Crippen LogP contribution is -2.27. The van der Waals surface area contributed by atoms with Crippen molar-refractivity contribution < 1.29 is 13.2 Å². The van der Waals surface area contributed by atoms with E-state index in [0.29, 0.717) is 6.61 Å². The fourth-order valence-electron chi connectivity index (χ4n) is 1.73. The minimum absolute atomic E-state index is 0.242. The maximum Gasteiger partial charge on any atom is 0.240 e. The molecule has 0 aliphatic carbocycles. The molecule has 2 aromatic rings. The van der Waals surface area contributed by atoms with Gasteiger partial charge < -0.3 is 4.74 Å². The molecule has 0 atom stereocenters. The van der Waals surface area contributed by atoms with Crippen LogP contribution in [0.25, 0.3) is 11.1 Å². The summed E-state index contributed by atoms with van der Waals surface area (Å²) in [6.45, 7) is 0.596. The zero-order valence-electron chi connectivity index (χ0n) is 11.1. The molecule has 0 fully saturated rings. The molecule has 0 saturated carbocycles. The summed E-state index contributed by atoms with van der Waals surface area (Å²) in [6.07, 6.45) is 3.40. The summed E-state index contributed by atoms with van der Waals surface area (Å²) >= 11 is 0. The van der Waals surface area contributed by atoms with Gasteiger partial charge in [-0.15, -0.1) is 0 Å². The number of nitrogens with zero attached hydrogens (tertiary/aromatic N) is 1. The van der Waals surface area contributed by atoms with Crippen LogP contribution in [-0.2, 0) is 14.8 Å². The third-order valence-electron chi connectivity index (χ3n) is 2.78. The Morgan fingerprint density at radius 2 is 1.65 bits per heavy atom. The van der Waals surface area contributed by atoms with Crippen molar-refractivity contribution >= 4 is 10.0 Å². The van der Waals surface area contributed by atoms with Crippen molar-refractivity contribution in [1.82, 2.24) is 9.71 Å². The highest BCUT2D eigenvalue weighted by Gasteiger charge is 2.12. The lowest BCUT2D eigenvalue weighted by molar-refractivity contribution is 0.204. The molecule has 0 spiro atoms. The predicted molar refractivity (Wildman–Crippen MR) is 76.7 cm³/mol. The Bertz CT molecular complexity index is 640. The van der Waals surface area contributed by atoms with Crippen molar-refractivity contribution in [2.75, 3.05) is 20.3 Å². The fraction of sp³-hybridized carbons (Fsp3) is 0.214. The Kier molecular flexibility index (Phi) is 4.84. The zero-order valence-corrected chi connectivity index (χ0v) is 11.9. The van der Waals surface area contributed by atoms with Crippen LogP contribution in [0.1, 0.15) is 0 Å². The number of methoxy groups -OCH3 is 1. The number of sulfonamides is 1. The van der Waals surface area contributed by atoms with Gasteiger partial charge in [0.1, 0.15) is 0 Å². The van der Waals surface area contributed by atoms with Crippen molar-refractivity contribution in [3.05, 3.63) is 48.8 Å². The Labute approximate surface area is 118 Å². The summed E-state index contributed by atoms with van der Waals surface area (Å²) in [5.41, 5.74) is 1.94. The number of hydrogen-bond acceptors (Lipinski definition) is 4. The molecular formula is C14H16N2O3S. The van der Waals surface area contributed by atoms with Crippen LogP contribution in [-0.4, -0.2) is 33.7 Å². The number of rotatable bonds is 6. The Hall–Kier alpha value is -1.76. The molecule has 106 valence electrons. The number of hydrogen-bond donors (Lipinski definition) is 1. The Morgan fingerprint density at radius 3 is 2.25 bits per heavy atom. The molecule has 1 heterocycles. The molecule has 0 aliphatic rings. The standard InChI is InChI=1S/C14H16N2O3S/c1-19-11-10-16-20(17,18)14-4-2-12(3-5-14)13-6-8-15-9-7-13/h2-9,16H,10-11H2,1H3. The van der Waals surface area contributed by atoms with Gasteiger partial charge >= 0.3 is 0 Å². The Morgan fingerprint density at radius 1 is 1.05 bits per heavy atom. The number of aromatic nitrogens is 1. The van der Waals surface area contributed by atoms with E-state index in [0.717, 1.165) is 11.1 Å². The SMILES string of the molecule is COCCNS(=O)(=O)c1ccc(-c2ccncc2)cc1. The highest BCUT2D eigenvalue weighted by molar-refractivity contribution is 7.89. The quantitative estimate of drug-likeness (QED) is 0.822. The number of benzene rings is 1. The molecule has 0 bridgehead atoms. The van der Waals surface area contributed by atoms with E-state index in [-0.39, 0.29) is 11.4 Å². The molecule has 0 aliphatic heterocycles. The third-order valence-corrected chi connectivity index (χ3v) is 4.25. The molecule has 0 amide bonds. The monoisotopic (exact) mass is 292 g/mol. The van der Waals surface area contributed by atoms with Crippen LogP contribution in [0.4, 0.5) is 0 Å². The van der Waals surface area contributed by atoms with Gasteiger partial charge in [0.15, 0.2) is 0 Å². The highest BCUT2D eigenvalue weighted by Crippen LogP contribution is 2.20. The van der Waals surface area contributed by atoms with Gasteiger partial charge in [-0.05, 0) is 35.4 Å². The number of pyridine rings is 1. The summed E-state index contributed by atoms with van der Waals surface area (Å²) in [6, 6.07) is 10.5. The van der Waals surface area contributed by atoms with E-state index in [1.54, 1.807) is 36.7 Å². The first-order chi connectivity index (χ1) is 9.63. The summed E-state index contributed by atoms with van der Waals surface area (Å²) in [7, 11) is -1.95. The van der Waals surface area contributed by atoms with Crippen LogP contribution in [0.15, 0.2) is 53.7 Å². The van der Waals surface area contributed by atoms with Crippen molar-refractivity contribution in [3.8, 4) is 11.1 Å². The van der Waals surface area contributed by atoms with Crippen LogP contribution in [0, 0.1) is 0 Å². The first-order valence-corrected chi connectivity index (χ1v) is 7.61. The van der Waals surface area contributed by atoms with Gasteiger partial charge in [-0.3, -0.25) is 4.98 Å². The van der Waals surface area contributed by atoms with Crippen molar-refractivity contribution in [2.45, 2.75) is 4.90 Å². The molecule has 1 N–H and O–H groups in total.